The van der Waals surface area contributed by atoms with Crippen molar-refractivity contribution < 1.29 is 0 Å². The normalized spacial score (nSPS) is 22.5. The van der Waals surface area contributed by atoms with E-state index in [2.05, 4.69) is 50.8 Å². The Morgan fingerprint density at radius 3 is 2.72 bits per heavy atom. The maximum atomic E-state index is 5.75. The van der Waals surface area contributed by atoms with Gasteiger partial charge in [0.15, 0.2) is 0 Å². The van der Waals surface area contributed by atoms with Gasteiger partial charge in [-0.3, -0.25) is 0 Å². The van der Waals surface area contributed by atoms with Gasteiger partial charge in [0.05, 0.1) is 0 Å². The highest BCUT2D eigenvalue weighted by atomic mass is 15.2. The summed E-state index contributed by atoms with van der Waals surface area (Å²) in [6.07, 6.45) is 2.39. The molecule has 18 heavy (non-hydrogen) atoms. The van der Waals surface area contributed by atoms with Crippen molar-refractivity contribution in [2.75, 3.05) is 18.0 Å². The Kier molecular flexibility index (Phi) is 3.67. The van der Waals surface area contributed by atoms with Gasteiger partial charge < -0.3 is 10.6 Å². The number of hydrogen-bond acceptors (Lipinski definition) is 2. The molecule has 2 rings (SSSR count). The lowest BCUT2D eigenvalue weighted by Crippen LogP contribution is -2.43. The first kappa shape index (κ1) is 13.4. The fourth-order valence-electron chi connectivity index (χ4n) is 3.29. The zero-order valence-electron chi connectivity index (χ0n) is 12.2. The molecule has 100 valence electrons. The lowest BCUT2D eigenvalue weighted by atomic mass is 9.85. The van der Waals surface area contributed by atoms with Crippen LogP contribution in [0.15, 0.2) is 18.2 Å². The Labute approximate surface area is 111 Å². The lowest BCUT2D eigenvalue weighted by Gasteiger charge is -2.38. The van der Waals surface area contributed by atoms with Gasteiger partial charge in [0.2, 0.25) is 0 Å². The van der Waals surface area contributed by atoms with Crippen molar-refractivity contribution in [1.29, 1.82) is 0 Å². The van der Waals surface area contributed by atoms with Crippen LogP contribution in [-0.2, 0) is 0 Å². The van der Waals surface area contributed by atoms with Crippen molar-refractivity contribution in [1.82, 2.24) is 0 Å². The minimum Gasteiger partial charge on any atom is -0.366 e. The number of nitrogens with two attached hydrogens (primary N) is 1. The second-order valence-corrected chi connectivity index (χ2v) is 6.16. The number of hydrogen-bond donors (Lipinski definition) is 1. The average Bonchev–Trinajstić information content (AvgIpc) is 2.59. The smallest absolute Gasteiger partial charge is 0.0403 e. The maximum absolute atomic E-state index is 5.75. The molecule has 0 aromatic heterocycles. The van der Waals surface area contributed by atoms with Crippen molar-refractivity contribution in [3.63, 3.8) is 0 Å². The third kappa shape index (κ3) is 2.26. The Morgan fingerprint density at radius 2 is 2.06 bits per heavy atom. The van der Waals surface area contributed by atoms with Gasteiger partial charge in [-0.1, -0.05) is 12.1 Å². The van der Waals surface area contributed by atoms with Gasteiger partial charge in [-0.15, -0.1) is 0 Å². The molecule has 0 saturated carbocycles. The summed E-state index contributed by atoms with van der Waals surface area (Å²) >= 11 is 0. The summed E-state index contributed by atoms with van der Waals surface area (Å²) in [7, 11) is 0. The predicted molar refractivity (Wildman–Crippen MR) is 79.1 cm³/mol. The molecular weight excluding hydrogens is 220 g/mol. The molecule has 2 nitrogen and oxygen atoms in total. The molecular formula is C16H26N2. The van der Waals surface area contributed by atoms with Crippen molar-refractivity contribution >= 4 is 5.69 Å². The molecule has 1 saturated heterocycles. The number of rotatable bonds is 3. The zero-order valence-corrected chi connectivity index (χ0v) is 12.2. The molecule has 1 aliphatic rings. The molecule has 0 spiro atoms. The Bertz CT molecular complexity index is 423. The van der Waals surface area contributed by atoms with Crippen LogP contribution < -0.4 is 10.6 Å². The number of benzene rings is 1. The van der Waals surface area contributed by atoms with Gasteiger partial charge in [-0.2, -0.15) is 0 Å². The van der Waals surface area contributed by atoms with Gasteiger partial charge in [-0.25, -0.2) is 0 Å². The molecule has 0 amide bonds. The summed E-state index contributed by atoms with van der Waals surface area (Å²) < 4.78 is 0. The minimum atomic E-state index is 0.220. The van der Waals surface area contributed by atoms with E-state index in [-0.39, 0.29) is 5.54 Å². The Morgan fingerprint density at radius 1 is 1.33 bits per heavy atom. The van der Waals surface area contributed by atoms with Gasteiger partial charge >= 0.3 is 0 Å². The molecule has 1 aliphatic heterocycles. The van der Waals surface area contributed by atoms with Gasteiger partial charge in [0.1, 0.15) is 0 Å². The van der Waals surface area contributed by atoms with Crippen LogP contribution in [0.4, 0.5) is 5.69 Å². The molecule has 1 aromatic rings. The first-order chi connectivity index (χ1) is 8.46. The highest BCUT2D eigenvalue weighted by molar-refractivity contribution is 5.57. The first-order valence-corrected chi connectivity index (χ1v) is 7.01. The maximum Gasteiger partial charge on any atom is 0.0403 e. The second-order valence-electron chi connectivity index (χ2n) is 6.16. The van der Waals surface area contributed by atoms with Crippen LogP contribution in [-0.4, -0.2) is 18.6 Å². The molecule has 1 unspecified atom stereocenters. The molecule has 0 aliphatic carbocycles. The van der Waals surface area contributed by atoms with E-state index in [1.807, 2.05) is 0 Å². The fourth-order valence-corrected chi connectivity index (χ4v) is 3.29. The standard InChI is InChI=1S/C16H26N2/c1-12-5-6-13(2)15(11-12)18-10-8-14(7-9-17)16(18,3)4/h5-6,11,14H,7-10,17H2,1-4H3. The van der Waals surface area contributed by atoms with Crippen LogP contribution in [0.2, 0.25) is 0 Å². The summed E-state index contributed by atoms with van der Waals surface area (Å²) in [6, 6.07) is 6.75. The van der Waals surface area contributed by atoms with Crippen molar-refractivity contribution in [2.45, 2.75) is 46.1 Å². The topological polar surface area (TPSA) is 29.3 Å². The number of anilines is 1. The highest BCUT2D eigenvalue weighted by Crippen LogP contribution is 2.41. The van der Waals surface area contributed by atoms with Crippen LogP contribution >= 0.6 is 0 Å². The van der Waals surface area contributed by atoms with Crippen molar-refractivity contribution in [3.05, 3.63) is 29.3 Å². The molecule has 1 fully saturated rings. The van der Waals surface area contributed by atoms with Crippen LogP contribution in [0.25, 0.3) is 0 Å². The van der Waals surface area contributed by atoms with Gasteiger partial charge in [0.25, 0.3) is 0 Å². The largest absolute Gasteiger partial charge is 0.366 e. The molecule has 1 heterocycles. The number of aryl methyl sites for hydroxylation is 2. The zero-order chi connectivity index (χ0) is 13.3. The summed E-state index contributed by atoms with van der Waals surface area (Å²) in [4.78, 5) is 2.58. The van der Waals surface area contributed by atoms with E-state index in [1.165, 1.54) is 23.2 Å². The predicted octanol–water partition coefficient (Wildman–Crippen LogP) is 3.26. The summed E-state index contributed by atoms with van der Waals surface area (Å²) in [5.41, 5.74) is 10.1. The van der Waals surface area contributed by atoms with E-state index in [0.717, 1.165) is 19.5 Å². The van der Waals surface area contributed by atoms with Crippen molar-refractivity contribution in [3.8, 4) is 0 Å². The average molecular weight is 246 g/mol. The summed E-state index contributed by atoms with van der Waals surface area (Å²) in [5.74, 6) is 0.711. The Balaban J connectivity index is 2.31. The number of nitrogens with zero attached hydrogens (tertiary/aromatic N) is 1. The molecule has 2 heteroatoms. The molecule has 1 aromatic carbocycles. The quantitative estimate of drug-likeness (QED) is 0.887. The van der Waals surface area contributed by atoms with E-state index < -0.39 is 0 Å². The van der Waals surface area contributed by atoms with Crippen LogP contribution in [0.3, 0.4) is 0 Å². The molecule has 0 radical (unpaired) electrons. The second kappa shape index (κ2) is 4.93. The lowest BCUT2D eigenvalue weighted by molar-refractivity contribution is 0.348. The van der Waals surface area contributed by atoms with Gasteiger partial charge in [-0.05, 0) is 70.2 Å². The van der Waals surface area contributed by atoms with Crippen LogP contribution in [0, 0.1) is 19.8 Å². The third-order valence-electron chi connectivity index (χ3n) is 4.57. The molecule has 1 atom stereocenters. The fraction of sp³-hybridized carbons (Fsp3) is 0.625. The molecule has 2 N–H and O–H groups in total. The summed E-state index contributed by atoms with van der Waals surface area (Å²) in [5, 5.41) is 0. The van der Waals surface area contributed by atoms with E-state index in [9.17, 15) is 0 Å². The van der Waals surface area contributed by atoms with E-state index in [4.69, 9.17) is 5.73 Å². The molecule has 0 bridgehead atoms. The minimum absolute atomic E-state index is 0.220. The SMILES string of the molecule is Cc1ccc(C)c(N2CCC(CCN)C2(C)C)c1. The third-order valence-corrected chi connectivity index (χ3v) is 4.57. The highest BCUT2D eigenvalue weighted by Gasteiger charge is 2.40. The van der Waals surface area contributed by atoms with E-state index in [1.54, 1.807) is 0 Å². The van der Waals surface area contributed by atoms with E-state index >= 15 is 0 Å². The van der Waals surface area contributed by atoms with Gasteiger partial charge in [0, 0.05) is 17.8 Å². The first-order valence-electron chi connectivity index (χ1n) is 7.01. The summed E-state index contributed by atoms with van der Waals surface area (Å²) in [6.45, 7) is 11.1. The van der Waals surface area contributed by atoms with Crippen LogP contribution in [0.5, 0.6) is 0 Å². The monoisotopic (exact) mass is 246 g/mol. The Hall–Kier alpha value is -1.02. The van der Waals surface area contributed by atoms with Crippen LogP contribution in [0.1, 0.15) is 37.8 Å². The van der Waals surface area contributed by atoms with E-state index in [0.29, 0.717) is 5.92 Å². The van der Waals surface area contributed by atoms with Crippen molar-refractivity contribution in [2.24, 2.45) is 11.7 Å².